The Kier molecular flexibility index (Phi) is 7.07. The Hall–Kier alpha value is -2.48. The molecule has 0 atom stereocenters. The van der Waals surface area contributed by atoms with Gasteiger partial charge in [-0.25, -0.2) is 8.42 Å². The molecular formula is C22H21ClN2O3S2. The van der Waals surface area contributed by atoms with Crippen molar-refractivity contribution in [1.82, 2.24) is 0 Å². The number of nitrogens with zero attached hydrogens (tertiary/aromatic N) is 1. The van der Waals surface area contributed by atoms with Gasteiger partial charge in [-0.3, -0.25) is 9.10 Å². The van der Waals surface area contributed by atoms with Gasteiger partial charge in [-0.1, -0.05) is 30.7 Å². The third kappa shape index (κ3) is 4.98. The zero-order valence-electron chi connectivity index (χ0n) is 16.5. The Bertz CT molecular complexity index is 1130. The molecule has 0 spiro atoms. The van der Waals surface area contributed by atoms with Gasteiger partial charge in [0, 0.05) is 22.5 Å². The molecule has 3 aromatic carbocycles. The van der Waals surface area contributed by atoms with Gasteiger partial charge in [0.15, 0.2) is 0 Å². The molecule has 5 nitrogen and oxygen atoms in total. The van der Waals surface area contributed by atoms with Crippen molar-refractivity contribution in [3.63, 3.8) is 0 Å². The fourth-order valence-corrected chi connectivity index (χ4v) is 4.85. The van der Waals surface area contributed by atoms with E-state index in [0.717, 1.165) is 16.3 Å². The van der Waals surface area contributed by atoms with E-state index in [1.165, 1.54) is 35.6 Å². The SMILES string of the molecule is CCSc1ccccc1NC(=O)c1ccc(N(C)S(=O)(=O)c2ccc(Cl)cc2)cc1. The van der Waals surface area contributed by atoms with Crippen molar-refractivity contribution in [2.24, 2.45) is 0 Å². The van der Waals surface area contributed by atoms with Crippen LogP contribution < -0.4 is 9.62 Å². The van der Waals surface area contributed by atoms with Crippen LogP contribution in [0.4, 0.5) is 11.4 Å². The Labute approximate surface area is 186 Å². The summed E-state index contributed by atoms with van der Waals surface area (Å²) in [6.45, 7) is 2.05. The van der Waals surface area contributed by atoms with Gasteiger partial charge in [0.25, 0.3) is 15.9 Å². The fourth-order valence-electron chi connectivity index (χ4n) is 2.77. The summed E-state index contributed by atoms with van der Waals surface area (Å²) in [6.07, 6.45) is 0. The van der Waals surface area contributed by atoms with E-state index < -0.39 is 10.0 Å². The van der Waals surface area contributed by atoms with Crippen LogP contribution in [0.25, 0.3) is 0 Å². The summed E-state index contributed by atoms with van der Waals surface area (Å²) >= 11 is 7.49. The number of thioether (sulfide) groups is 1. The number of rotatable bonds is 7. The van der Waals surface area contributed by atoms with Gasteiger partial charge in [0.2, 0.25) is 0 Å². The number of nitrogens with one attached hydrogen (secondary N) is 1. The van der Waals surface area contributed by atoms with Crippen LogP contribution in [0.3, 0.4) is 0 Å². The quantitative estimate of drug-likeness (QED) is 0.471. The largest absolute Gasteiger partial charge is 0.321 e. The van der Waals surface area contributed by atoms with Gasteiger partial charge in [-0.05, 0) is 66.4 Å². The van der Waals surface area contributed by atoms with Gasteiger partial charge >= 0.3 is 0 Å². The number of hydrogen-bond acceptors (Lipinski definition) is 4. The zero-order chi connectivity index (χ0) is 21.7. The first kappa shape index (κ1) is 22.2. The van der Waals surface area contributed by atoms with Crippen LogP contribution in [0, 0.1) is 0 Å². The number of carbonyl (C=O) groups excluding carboxylic acids is 1. The van der Waals surface area contributed by atoms with Crippen LogP contribution in [0.5, 0.6) is 0 Å². The van der Waals surface area contributed by atoms with E-state index in [4.69, 9.17) is 11.6 Å². The molecule has 0 radical (unpaired) electrons. The summed E-state index contributed by atoms with van der Waals surface area (Å²) in [4.78, 5) is 13.8. The molecule has 0 saturated carbocycles. The molecule has 3 rings (SSSR count). The van der Waals surface area contributed by atoms with Crippen molar-refractivity contribution < 1.29 is 13.2 Å². The van der Waals surface area contributed by atoms with Crippen LogP contribution in [-0.2, 0) is 10.0 Å². The molecule has 1 amide bonds. The molecule has 1 N–H and O–H groups in total. The summed E-state index contributed by atoms with van der Waals surface area (Å²) < 4.78 is 26.8. The normalized spacial score (nSPS) is 11.2. The van der Waals surface area contributed by atoms with E-state index in [1.54, 1.807) is 36.0 Å². The number of carbonyl (C=O) groups is 1. The highest BCUT2D eigenvalue weighted by molar-refractivity contribution is 7.99. The Morgan fingerprint density at radius 1 is 1.00 bits per heavy atom. The van der Waals surface area contributed by atoms with Crippen LogP contribution in [0.2, 0.25) is 5.02 Å². The summed E-state index contributed by atoms with van der Waals surface area (Å²) in [5.41, 5.74) is 1.64. The lowest BCUT2D eigenvalue weighted by Gasteiger charge is -2.20. The molecule has 3 aromatic rings. The van der Waals surface area contributed by atoms with Crippen molar-refractivity contribution in [3.05, 3.63) is 83.4 Å². The van der Waals surface area contributed by atoms with Crippen molar-refractivity contribution in [2.45, 2.75) is 16.7 Å². The fraction of sp³-hybridized carbons (Fsp3) is 0.136. The topological polar surface area (TPSA) is 66.5 Å². The summed E-state index contributed by atoms with van der Waals surface area (Å²) in [5, 5.41) is 3.38. The van der Waals surface area contributed by atoms with Gasteiger partial charge in [-0.2, -0.15) is 0 Å². The molecular weight excluding hydrogens is 440 g/mol. The molecule has 0 aromatic heterocycles. The summed E-state index contributed by atoms with van der Waals surface area (Å²) in [5.74, 6) is 0.643. The number of sulfonamides is 1. The van der Waals surface area contributed by atoms with E-state index in [9.17, 15) is 13.2 Å². The Morgan fingerprint density at radius 2 is 1.63 bits per heavy atom. The van der Waals surface area contributed by atoms with Gasteiger partial charge in [0.1, 0.15) is 0 Å². The van der Waals surface area contributed by atoms with Crippen molar-refractivity contribution in [1.29, 1.82) is 0 Å². The standard InChI is InChI=1S/C22H21ClN2O3S2/c1-3-29-21-7-5-4-6-20(21)24-22(26)16-8-12-18(13-9-16)25(2)30(27,28)19-14-10-17(23)11-15-19/h4-15H,3H2,1-2H3,(H,24,26). The van der Waals surface area contributed by atoms with E-state index >= 15 is 0 Å². The first-order valence-electron chi connectivity index (χ1n) is 9.20. The minimum Gasteiger partial charge on any atom is -0.321 e. The second-order valence-corrected chi connectivity index (χ2v) is 10.1. The molecule has 156 valence electrons. The molecule has 0 heterocycles. The molecule has 0 aliphatic heterocycles. The highest BCUT2D eigenvalue weighted by atomic mass is 35.5. The van der Waals surface area contributed by atoms with Crippen LogP contribution in [0.15, 0.2) is 82.6 Å². The maximum atomic E-state index is 12.8. The second-order valence-electron chi connectivity index (χ2n) is 6.36. The lowest BCUT2D eigenvalue weighted by molar-refractivity contribution is 0.102. The average molecular weight is 461 g/mol. The molecule has 0 bridgehead atoms. The van der Waals surface area contributed by atoms with Crippen LogP contribution in [0.1, 0.15) is 17.3 Å². The molecule has 0 saturated heterocycles. The maximum Gasteiger partial charge on any atom is 0.264 e. The first-order chi connectivity index (χ1) is 14.3. The van der Waals surface area contributed by atoms with Crippen LogP contribution >= 0.6 is 23.4 Å². The highest BCUT2D eigenvalue weighted by Gasteiger charge is 2.21. The minimum absolute atomic E-state index is 0.140. The second kappa shape index (κ2) is 9.55. The number of hydrogen-bond donors (Lipinski definition) is 1. The molecule has 0 fully saturated rings. The minimum atomic E-state index is -3.73. The predicted octanol–water partition coefficient (Wildman–Crippen LogP) is 5.53. The van der Waals surface area contributed by atoms with E-state index in [0.29, 0.717) is 16.3 Å². The first-order valence-corrected chi connectivity index (χ1v) is 12.0. The lowest BCUT2D eigenvalue weighted by Crippen LogP contribution is -2.26. The Morgan fingerprint density at radius 3 is 2.27 bits per heavy atom. The molecule has 0 unspecified atom stereocenters. The van der Waals surface area contributed by atoms with E-state index in [2.05, 4.69) is 12.2 Å². The summed E-state index contributed by atoms with van der Waals surface area (Å²) in [6, 6.07) is 20.0. The van der Waals surface area contributed by atoms with Crippen molar-refractivity contribution in [3.8, 4) is 0 Å². The number of benzene rings is 3. The van der Waals surface area contributed by atoms with Crippen LogP contribution in [-0.4, -0.2) is 27.1 Å². The predicted molar refractivity (Wildman–Crippen MR) is 124 cm³/mol. The van der Waals surface area contributed by atoms with Crippen molar-refractivity contribution in [2.75, 3.05) is 22.4 Å². The highest BCUT2D eigenvalue weighted by Crippen LogP contribution is 2.28. The Balaban J connectivity index is 1.77. The molecule has 8 heteroatoms. The third-order valence-electron chi connectivity index (χ3n) is 4.40. The monoisotopic (exact) mass is 460 g/mol. The van der Waals surface area contributed by atoms with Crippen molar-refractivity contribution >= 4 is 50.7 Å². The number of amides is 1. The number of halogens is 1. The maximum absolute atomic E-state index is 12.8. The van der Waals surface area contributed by atoms with Gasteiger partial charge in [0.05, 0.1) is 16.3 Å². The zero-order valence-corrected chi connectivity index (χ0v) is 18.9. The lowest BCUT2D eigenvalue weighted by atomic mass is 10.2. The average Bonchev–Trinajstić information content (AvgIpc) is 2.75. The van der Waals surface area contributed by atoms with Gasteiger partial charge in [-0.15, -0.1) is 11.8 Å². The van der Waals surface area contributed by atoms with E-state index in [-0.39, 0.29) is 10.8 Å². The number of anilines is 2. The molecule has 0 aliphatic rings. The molecule has 30 heavy (non-hydrogen) atoms. The number of para-hydroxylation sites is 1. The third-order valence-corrected chi connectivity index (χ3v) is 7.41. The molecule has 0 aliphatic carbocycles. The van der Waals surface area contributed by atoms with Gasteiger partial charge < -0.3 is 5.32 Å². The smallest absolute Gasteiger partial charge is 0.264 e. The summed E-state index contributed by atoms with van der Waals surface area (Å²) in [7, 11) is -2.26. The van der Waals surface area contributed by atoms with E-state index in [1.807, 2.05) is 24.3 Å².